The van der Waals surface area contributed by atoms with Crippen LogP contribution in [0.5, 0.6) is 0 Å². The largest absolute Gasteiger partial charge is 0.309 e. The number of rotatable bonds is 7. The first-order valence-electron chi connectivity index (χ1n) is 21.1. The third kappa shape index (κ3) is 6.08. The molecule has 3 aromatic heterocycles. The minimum Gasteiger partial charge on any atom is -0.309 e. The summed E-state index contributed by atoms with van der Waals surface area (Å²) in [7, 11) is 0. The zero-order valence-electron chi connectivity index (χ0n) is 33.7. The standard InChI is InChI=1S/C58H38N4/c1-2-12-45(13-3-1)58-59-52(43-26-22-39(23-27-43)41-30-34-46(35-31-41)61-54-18-8-4-14-48(54)49-15-5-9-19-55(49)61)38-53(60-58)44-28-24-40(25-29-44)42-32-36-47(37-33-42)62-56-20-10-6-16-50(56)51-17-7-11-21-57(51)62/h1-38H. The molecular weight excluding hydrogens is 753 g/mol. The Kier molecular flexibility index (Phi) is 8.46. The second-order valence-electron chi connectivity index (χ2n) is 15.8. The van der Waals surface area contributed by atoms with Crippen molar-refractivity contribution in [1.29, 1.82) is 0 Å². The van der Waals surface area contributed by atoms with Crippen LogP contribution < -0.4 is 0 Å². The van der Waals surface area contributed by atoms with Crippen molar-refractivity contribution in [1.82, 2.24) is 19.1 Å². The summed E-state index contributed by atoms with van der Waals surface area (Å²) in [6.07, 6.45) is 0. The monoisotopic (exact) mass is 790 g/mol. The third-order valence-electron chi connectivity index (χ3n) is 12.2. The van der Waals surface area contributed by atoms with Crippen LogP contribution in [-0.2, 0) is 0 Å². The first kappa shape index (κ1) is 35.6. The number of fused-ring (bicyclic) bond motifs is 6. The van der Waals surface area contributed by atoms with E-state index in [1.54, 1.807) is 0 Å². The molecule has 9 aromatic carbocycles. The molecule has 0 saturated carbocycles. The van der Waals surface area contributed by atoms with Gasteiger partial charge in [-0.1, -0.05) is 176 Å². The molecule has 0 unspecified atom stereocenters. The van der Waals surface area contributed by atoms with E-state index in [2.05, 4.69) is 221 Å². The van der Waals surface area contributed by atoms with E-state index in [-0.39, 0.29) is 0 Å². The van der Waals surface area contributed by atoms with Crippen LogP contribution in [0, 0.1) is 0 Å². The summed E-state index contributed by atoms with van der Waals surface area (Å²) >= 11 is 0. The Hall–Kier alpha value is -8.34. The SMILES string of the molecule is c1ccc(-c2nc(-c3ccc(-c4ccc(-n5c6ccccc6c6ccccc65)cc4)cc3)cc(-c3ccc(-c4ccc(-n5c6ccccc6c6ccccc65)cc4)cc3)n2)cc1. The molecule has 3 heterocycles. The molecule has 0 amide bonds. The number of para-hydroxylation sites is 4. The van der Waals surface area contributed by atoms with Gasteiger partial charge < -0.3 is 9.13 Å². The fourth-order valence-corrected chi connectivity index (χ4v) is 9.13. The molecule has 0 saturated heterocycles. The van der Waals surface area contributed by atoms with Crippen LogP contribution in [0.4, 0.5) is 0 Å². The summed E-state index contributed by atoms with van der Waals surface area (Å²) < 4.78 is 4.71. The molecule has 0 radical (unpaired) electrons. The molecule has 12 rings (SSSR count). The molecule has 0 aliphatic carbocycles. The van der Waals surface area contributed by atoms with Gasteiger partial charge in [-0.3, -0.25) is 0 Å². The molecule has 0 aliphatic rings. The predicted molar refractivity (Wildman–Crippen MR) is 258 cm³/mol. The Balaban J connectivity index is 0.842. The highest BCUT2D eigenvalue weighted by Gasteiger charge is 2.15. The fraction of sp³-hybridized carbons (Fsp3) is 0. The Morgan fingerprint density at radius 3 is 0.887 bits per heavy atom. The Labute approximate surface area is 359 Å². The van der Waals surface area contributed by atoms with Gasteiger partial charge in [-0.25, -0.2) is 9.97 Å². The molecule has 0 bridgehead atoms. The average molecular weight is 791 g/mol. The van der Waals surface area contributed by atoms with Crippen molar-refractivity contribution < 1.29 is 0 Å². The van der Waals surface area contributed by atoms with E-state index in [1.165, 1.54) is 43.6 Å². The van der Waals surface area contributed by atoms with E-state index in [1.807, 2.05) is 18.2 Å². The fourth-order valence-electron chi connectivity index (χ4n) is 9.13. The minimum absolute atomic E-state index is 0.701. The molecule has 290 valence electrons. The van der Waals surface area contributed by atoms with E-state index >= 15 is 0 Å². The van der Waals surface area contributed by atoms with Crippen LogP contribution >= 0.6 is 0 Å². The maximum Gasteiger partial charge on any atom is 0.160 e. The summed E-state index contributed by atoms with van der Waals surface area (Å²) in [6.45, 7) is 0. The third-order valence-corrected chi connectivity index (χ3v) is 12.2. The summed E-state index contributed by atoms with van der Waals surface area (Å²) in [4.78, 5) is 10.2. The second kappa shape index (κ2) is 14.7. The van der Waals surface area contributed by atoms with Crippen LogP contribution in [0.15, 0.2) is 231 Å². The molecule has 4 nitrogen and oxygen atoms in total. The number of hydrogen-bond acceptors (Lipinski definition) is 2. The molecule has 62 heavy (non-hydrogen) atoms. The quantitative estimate of drug-likeness (QED) is 0.161. The van der Waals surface area contributed by atoms with Crippen LogP contribution in [0.3, 0.4) is 0 Å². The van der Waals surface area contributed by atoms with E-state index in [9.17, 15) is 0 Å². The van der Waals surface area contributed by atoms with Gasteiger partial charge in [0.15, 0.2) is 5.82 Å². The van der Waals surface area contributed by atoms with E-state index in [4.69, 9.17) is 9.97 Å². The highest BCUT2D eigenvalue weighted by molar-refractivity contribution is 6.10. The van der Waals surface area contributed by atoms with Crippen molar-refractivity contribution in [3.8, 4) is 67.5 Å². The molecule has 0 spiro atoms. The van der Waals surface area contributed by atoms with Crippen molar-refractivity contribution >= 4 is 43.6 Å². The van der Waals surface area contributed by atoms with Crippen molar-refractivity contribution in [2.75, 3.05) is 0 Å². The molecule has 12 aromatic rings. The van der Waals surface area contributed by atoms with Crippen molar-refractivity contribution in [2.24, 2.45) is 0 Å². The minimum atomic E-state index is 0.701. The van der Waals surface area contributed by atoms with Gasteiger partial charge in [0.05, 0.1) is 33.5 Å². The highest BCUT2D eigenvalue weighted by Crippen LogP contribution is 2.36. The Morgan fingerprint density at radius 1 is 0.242 bits per heavy atom. The second-order valence-corrected chi connectivity index (χ2v) is 15.8. The first-order chi connectivity index (χ1) is 30.7. The molecule has 0 N–H and O–H groups in total. The van der Waals surface area contributed by atoms with E-state index < -0.39 is 0 Å². The summed E-state index contributed by atoms with van der Waals surface area (Å²) in [5.41, 5.74) is 16.6. The van der Waals surface area contributed by atoms with Crippen molar-refractivity contribution in [2.45, 2.75) is 0 Å². The maximum atomic E-state index is 5.11. The van der Waals surface area contributed by atoms with Gasteiger partial charge in [-0.05, 0) is 76.9 Å². The van der Waals surface area contributed by atoms with Crippen molar-refractivity contribution in [3.63, 3.8) is 0 Å². The van der Waals surface area contributed by atoms with Crippen LogP contribution in [-0.4, -0.2) is 19.1 Å². The summed E-state index contributed by atoms with van der Waals surface area (Å²) in [5, 5.41) is 5.06. The van der Waals surface area contributed by atoms with Crippen LogP contribution in [0.1, 0.15) is 0 Å². The zero-order chi connectivity index (χ0) is 41.0. The smallest absolute Gasteiger partial charge is 0.160 e. The lowest BCUT2D eigenvalue weighted by Gasteiger charge is -2.12. The summed E-state index contributed by atoms with van der Waals surface area (Å²) in [5.74, 6) is 0.701. The zero-order valence-corrected chi connectivity index (χ0v) is 33.7. The summed E-state index contributed by atoms with van der Waals surface area (Å²) in [6, 6.07) is 82.1. The van der Waals surface area contributed by atoms with Crippen LogP contribution in [0.25, 0.3) is 111 Å². The van der Waals surface area contributed by atoms with Gasteiger partial charge in [-0.15, -0.1) is 0 Å². The number of nitrogens with zero attached hydrogens (tertiary/aromatic N) is 4. The van der Waals surface area contributed by atoms with E-state index in [0.717, 1.165) is 61.7 Å². The van der Waals surface area contributed by atoms with Gasteiger partial charge in [-0.2, -0.15) is 0 Å². The van der Waals surface area contributed by atoms with Gasteiger partial charge in [0.25, 0.3) is 0 Å². The maximum absolute atomic E-state index is 5.11. The van der Waals surface area contributed by atoms with Gasteiger partial charge in [0.1, 0.15) is 0 Å². The van der Waals surface area contributed by atoms with Gasteiger partial charge in [0.2, 0.25) is 0 Å². The number of hydrogen-bond donors (Lipinski definition) is 0. The molecule has 0 aliphatic heterocycles. The van der Waals surface area contributed by atoms with Crippen molar-refractivity contribution in [3.05, 3.63) is 231 Å². The predicted octanol–water partition coefficient (Wildman–Crippen LogP) is 15.0. The van der Waals surface area contributed by atoms with Gasteiger partial charge >= 0.3 is 0 Å². The highest BCUT2D eigenvalue weighted by atomic mass is 15.0. The Bertz CT molecular complexity index is 3260. The number of aromatic nitrogens is 4. The first-order valence-corrected chi connectivity index (χ1v) is 21.1. The lowest BCUT2D eigenvalue weighted by atomic mass is 10.00. The average Bonchev–Trinajstić information content (AvgIpc) is 3.87. The number of benzene rings is 9. The van der Waals surface area contributed by atoms with E-state index in [0.29, 0.717) is 5.82 Å². The normalized spacial score (nSPS) is 11.5. The molecular formula is C58H38N4. The van der Waals surface area contributed by atoms with Crippen LogP contribution in [0.2, 0.25) is 0 Å². The molecule has 4 heteroatoms. The lowest BCUT2D eigenvalue weighted by molar-refractivity contribution is 1.18. The molecule has 0 fully saturated rings. The topological polar surface area (TPSA) is 35.6 Å². The lowest BCUT2D eigenvalue weighted by Crippen LogP contribution is -1.96. The van der Waals surface area contributed by atoms with Gasteiger partial charge in [0, 0.05) is 49.6 Å². The molecule has 0 atom stereocenters. The Morgan fingerprint density at radius 2 is 0.532 bits per heavy atom.